The zero-order valence-electron chi connectivity index (χ0n) is 10.9. The van der Waals surface area contributed by atoms with Crippen molar-refractivity contribution < 1.29 is 9.90 Å². The van der Waals surface area contributed by atoms with Gasteiger partial charge in [0.15, 0.2) is 5.78 Å². The highest BCUT2D eigenvalue weighted by atomic mass is 16.3. The molecule has 0 radical (unpaired) electrons. The Bertz CT molecular complexity index is 760. The van der Waals surface area contributed by atoms with Crippen LogP contribution in [0.1, 0.15) is 15.9 Å². The SMILES string of the molecule is Cc1cc(-n2nc3ccccc3n2)ccc1C(=O)CO. The highest BCUT2D eigenvalue weighted by molar-refractivity contribution is 5.98. The van der Waals surface area contributed by atoms with Gasteiger partial charge < -0.3 is 5.11 Å². The Labute approximate surface area is 115 Å². The monoisotopic (exact) mass is 267 g/mol. The largest absolute Gasteiger partial charge is 0.388 e. The van der Waals surface area contributed by atoms with Crippen LogP contribution in [0.25, 0.3) is 16.7 Å². The predicted molar refractivity (Wildman–Crippen MR) is 75.0 cm³/mol. The molecular weight excluding hydrogens is 254 g/mol. The Morgan fingerprint density at radius 1 is 1.15 bits per heavy atom. The van der Waals surface area contributed by atoms with Crippen molar-refractivity contribution in [1.82, 2.24) is 15.0 Å². The molecule has 20 heavy (non-hydrogen) atoms. The van der Waals surface area contributed by atoms with E-state index in [1.54, 1.807) is 16.9 Å². The lowest BCUT2D eigenvalue weighted by Gasteiger charge is -2.05. The summed E-state index contributed by atoms with van der Waals surface area (Å²) in [6.07, 6.45) is 0. The van der Waals surface area contributed by atoms with Crippen molar-refractivity contribution in [3.05, 3.63) is 53.6 Å². The molecule has 0 unspecified atom stereocenters. The fraction of sp³-hybridized carbons (Fsp3) is 0.133. The molecule has 0 saturated heterocycles. The third-order valence-corrected chi connectivity index (χ3v) is 3.17. The van der Waals surface area contributed by atoms with E-state index in [1.165, 1.54) is 0 Å². The Balaban J connectivity index is 2.06. The Morgan fingerprint density at radius 3 is 2.35 bits per heavy atom. The van der Waals surface area contributed by atoms with E-state index in [0.29, 0.717) is 5.56 Å². The first-order valence-corrected chi connectivity index (χ1v) is 6.26. The van der Waals surface area contributed by atoms with Crippen LogP contribution < -0.4 is 0 Å². The normalized spacial score (nSPS) is 10.9. The van der Waals surface area contributed by atoms with E-state index in [0.717, 1.165) is 22.3 Å². The molecular formula is C15H13N3O2. The van der Waals surface area contributed by atoms with Crippen LogP contribution in [0.5, 0.6) is 0 Å². The maximum Gasteiger partial charge on any atom is 0.188 e. The maximum atomic E-state index is 11.5. The molecule has 0 aliphatic carbocycles. The zero-order chi connectivity index (χ0) is 14.1. The van der Waals surface area contributed by atoms with Crippen molar-refractivity contribution in [2.75, 3.05) is 6.61 Å². The number of aryl methyl sites for hydroxylation is 1. The van der Waals surface area contributed by atoms with Gasteiger partial charge in [0.25, 0.3) is 0 Å². The quantitative estimate of drug-likeness (QED) is 0.736. The molecule has 0 bridgehead atoms. The minimum atomic E-state index is -0.482. The number of carbonyl (C=O) groups excluding carboxylic acids is 1. The van der Waals surface area contributed by atoms with Gasteiger partial charge in [-0.15, -0.1) is 10.2 Å². The van der Waals surface area contributed by atoms with Gasteiger partial charge in [0.05, 0.1) is 5.69 Å². The summed E-state index contributed by atoms with van der Waals surface area (Å²) in [6, 6.07) is 12.9. The lowest BCUT2D eigenvalue weighted by molar-refractivity contribution is 0.0903. The number of benzene rings is 2. The van der Waals surface area contributed by atoms with Gasteiger partial charge in [-0.2, -0.15) is 4.80 Å². The number of aliphatic hydroxyl groups is 1. The Hall–Kier alpha value is -2.53. The van der Waals surface area contributed by atoms with E-state index >= 15 is 0 Å². The van der Waals surface area contributed by atoms with Crippen LogP contribution in [-0.4, -0.2) is 32.5 Å². The van der Waals surface area contributed by atoms with Crippen molar-refractivity contribution >= 4 is 16.8 Å². The molecule has 100 valence electrons. The average molecular weight is 267 g/mol. The molecule has 5 nitrogen and oxygen atoms in total. The molecule has 5 heteroatoms. The molecule has 2 aromatic carbocycles. The second kappa shape index (κ2) is 4.86. The van der Waals surface area contributed by atoms with Gasteiger partial charge in [0.1, 0.15) is 17.6 Å². The average Bonchev–Trinajstić information content (AvgIpc) is 2.90. The van der Waals surface area contributed by atoms with Gasteiger partial charge >= 0.3 is 0 Å². The van der Waals surface area contributed by atoms with Gasteiger partial charge in [-0.05, 0) is 42.8 Å². The first-order chi connectivity index (χ1) is 9.69. The smallest absolute Gasteiger partial charge is 0.188 e. The lowest BCUT2D eigenvalue weighted by Crippen LogP contribution is -2.08. The topological polar surface area (TPSA) is 68.0 Å². The third kappa shape index (κ3) is 2.08. The van der Waals surface area contributed by atoms with Crippen molar-refractivity contribution in [1.29, 1.82) is 0 Å². The zero-order valence-corrected chi connectivity index (χ0v) is 10.9. The van der Waals surface area contributed by atoms with Crippen LogP contribution in [-0.2, 0) is 0 Å². The molecule has 1 aromatic heterocycles. The molecule has 1 heterocycles. The molecule has 3 aromatic rings. The first-order valence-electron chi connectivity index (χ1n) is 6.26. The molecule has 0 spiro atoms. The second-order valence-electron chi connectivity index (χ2n) is 4.56. The number of aliphatic hydroxyl groups excluding tert-OH is 1. The van der Waals surface area contributed by atoms with E-state index in [4.69, 9.17) is 5.11 Å². The molecule has 0 amide bonds. The summed E-state index contributed by atoms with van der Waals surface area (Å²) in [5.74, 6) is -0.285. The number of hydrogen-bond acceptors (Lipinski definition) is 4. The van der Waals surface area contributed by atoms with Crippen LogP contribution in [0.4, 0.5) is 0 Å². The molecule has 0 fully saturated rings. The van der Waals surface area contributed by atoms with Crippen LogP contribution in [0.15, 0.2) is 42.5 Å². The number of aromatic nitrogens is 3. The van der Waals surface area contributed by atoms with E-state index in [9.17, 15) is 4.79 Å². The van der Waals surface area contributed by atoms with Crippen LogP contribution in [0, 0.1) is 6.92 Å². The number of hydrogen-bond donors (Lipinski definition) is 1. The number of ketones is 1. The van der Waals surface area contributed by atoms with Gasteiger partial charge in [0, 0.05) is 5.56 Å². The maximum absolute atomic E-state index is 11.5. The van der Waals surface area contributed by atoms with Crippen LogP contribution in [0.3, 0.4) is 0 Å². The number of fused-ring (bicyclic) bond motifs is 1. The molecule has 0 atom stereocenters. The number of carbonyl (C=O) groups is 1. The van der Waals surface area contributed by atoms with E-state index in [2.05, 4.69) is 10.2 Å². The van der Waals surface area contributed by atoms with Crippen LogP contribution >= 0.6 is 0 Å². The highest BCUT2D eigenvalue weighted by Crippen LogP contribution is 2.16. The number of nitrogens with zero attached hydrogens (tertiary/aromatic N) is 3. The van der Waals surface area contributed by atoms with E-state index < -0.39 is 6.61 Å². The summed E-state index contributed by atoms with van der Waals surface area (Å²) >= 11 is 0. The van der Waals surface area contributed by atoms with Crippen molar-refractivity contribution in [2.24, 2.45) is 0 Å². The Morgan fingerprint density at radius 2 is 1.80 bits per heavy atom. The number of rotatable bonds is 3. The second-order valence-corrected chi connectivity index (χ2v) is 4.56. The molecule has 3 rings (SSSR count). The summed E-state index contributed by atoms with van der Waals surface area (Å²) in [5.41, 5.74) is 3.74. The van der Waals surface area contributed by atoms with E-state index in [-0.39, 0.29) is 5.78 Å². The van der Waals surface area contributed by atoms with Crippen molar-refractivity contribution in [2.45, 2.75) is 6.92 Å². The Kier molecular flexibility index (Phi) is 3.04. The van der Waals surface area contributed by atoms with Gasteiger partial charge in [-0.3, -0.25) is 4.79 Å². The number of Topliss-reactive ketones (excluding diaryl/α,β-unsaturated/α-hetero) is 1. The van der Waals surface area contributed by atoms with E-state index in [1.807, 2.05) is 37.3 Å². The fourth-order valence-corrected chi connectivity index (χ4v) is 2.15. The minimum Gasteiger partial charge on any atom is -0.388 e. The van der Waals surface area contributed by atoms with Gasteiger partial charge in [-0.1, -0.05) is 12.1 Å². The molecule has 0 aliphatic rings. The standard InChI is InChI=1S/C15H13N3O2/c1-10-8-11(6-7-12(10)15(20)9-19)18-16-13-4-2-3-5-14(13)17-18/h2-8,19H,9H2,1H3. The lowest BCUT2D eigenvalue weighted by atomic mass is 10.0. The van der Waals surface area contributed by atoms with Gasteiger partial charge in [-0.25, -0.2) is 0 Å². The summed E-state index contributed by atoms with van der Waals surface area (Å²) in [7, 11) is 0. The highest BCUT2D eigenvalue weighted by Gasteiger charge is 2.10. The molecule has 1 N–H and O–H groups in total. The van der Waals surface area contributed by atoms with Crippen molar-refractivity contribution in [3.63, 3.8) is 0 Å². The fourth-order valence-electron chi connectivity index (χ4n) is 2.15. The molecule has 0 aliphatic heterocycles. The van der Waals surface area contributed by atoms with Gasteiger partial charge in [0.2, 0.25) is 0 Å². The van der Waals surface area contributed by atoms with Crippen LogP contribution in [0.2, 0.25) is 0 Å². The molecule has 0 saturated carbocycles. The summed E-state index contributed by atoms with van der Waals surface area (Å²) in [6.45, 7) is 1.35. The first kappa shape index (κ1) is 12.5. The third-order valence-electron chi connectivity index (χ3n) is 3.17. The van der Waals surface area contributed by atoms with Crippen molar-refractivity contribution in [3.8, 4) is 5.69 Å². The summed E-state index contributed by atoms with van der Waals surface area (Å²) < 4.78 is 0. The predicted octanol–water partition coefficient (Wildman–Crippen LogP) is 1.90. The summed E-state index contributed by atoms with van der Waals surface area (Å²) in [5, 5.41) is 17.7. The minimum absolute atomic E-state index is 0.285. The summed E-state index contributed by atoms with van der Waals surface area (Å²) in [4.78, 5) is 13.1.